The molecule has 120 valence electrons. The summed E-state index contributed by atoms with van der Waals surface area (Å²) in [6.07, 6.45) is 3.99. The Bertz CT molecular complexity index is 588. The zero-order valence-electron chi connectivity index (χ0n) is 13.3. The van der Waals surface area contributed by atoms with E-state index in [4.69, 9.17) is 4.42 Å². The van der Waals surface area contributed by atoms with Crippen LogP contribution in [0.2, 0.25) is 0 Å². The van der Waals surface area contributed by atoms with Crippen LogP contribution < -0.4 is 5.32 Å². The highest BCUT2D eigenvalue weighted by Crippen LogP contribution is 2.20. The van der Waals surface area contributed by atoms with Crippen LogP contribution in [0, 0.1) is 5.92 Å². The van der Waals surface area contributed by atoms with E-state index in [2.05, 4.69) is 23.2 Å². The van der Waals surface area contributed by atoms with Crippen LogP contribution in [0.4, 0.5) is 0 Å². The average molecular weight is 302 g/mol. The Labute approximate surface area is 132 Å². The molecule has 1 atom stereocenters. The van der Waals surface area contributed by atoms with Crippen LogP contribution in [0.25, 0.3) is 11.0 Å². The van der Waals surface area contributed by atoms with Gasteiger partial charge in [0.1, 0.15) is 5.58 Å². The molecule has 2 aromatic rings. The lowest BCUT2D eigenvalue weighted by molar-refractivity contribution is 0.0907. The van der Waals surface area contributed by atoms with Crippen molar-refractivity contribution in [3.63, 3.8) is 0 Å². The van der Waals surface area contributed by atoms with E-state index in [0.29, 0.717) is 6.54 Å². The Kier molecular flexibility index (Phi) is 5.13. The van der Waals surface area contributed by atoms with Gasteiger partial charge in [0.15, 0.2) is 0 Å². The second-order valence-corrected chi connectivity index (χ2v) is 6.52. The van der Waals surface area contributed by atoms with Crippen LogP contribution in [0.15, 0.2) is 34.9 Å². The lowest BCUT2D eigenvalue weighted by Crippen LogP contribution is -2.41. The van der Waals surface area contributed by atoms with Crippen molar-refractivity contribution in [2.75, 3.05) is 26.2 Å². The van der Waals surface area contributed by atoms with Gasteiger partial charge < -0.3 is 19.7 Å². The van der Waals surface area contributed by atoms with E-state index in [1.54, 1.807) is 6.26 Å². The number of furan rings is 1. The van der Waals surface area contributed by atoms with E-state index in [0.717, 1.165) is 48.6 Å². The minimum absolute atomic E-state index is 0.313. The molecule has 1 aliphatic rings. The molecule has 2 N–H and O–H groups in total. The van der Waals surface area contributed by atoms with Crippen LogP contribution in [0.3, 0.4) is 0 Å². The van der Waals surface area contributed by atoms with Crippen LogP contribution in [0.5, 0.6) is 0 Å². The third-order valence-electron chi connectivity index (χ3n) is 4.60. The molecule has 0 aliphatic carbocycles. The Hall–Kier alpha value is -1.36. The fraction of sp³-hybridized carbons (Fsp3) is 0.556. The highest BCUT2D eigenvalue weighted by Gasteiger charge is 2.18. The maximum Gasteiger partial charge on any atom is 0.134 e. The molecule has 0 amide bonds. The summed E-state index contributed by atoms with van der Waals surface area (Å²) in [4.78, 5) is 2.37. The van der Waals surface area contributed by atoms with Gasteiger partial charge in [0.05, 0.1) is 12.4 Å². The first-order valence-corrected chi connectivity index (χ1v) is 8.28. The summed E-state index contributed by atoms with van der Waals surface area (Å²) in [6, 6.07) is 8.05. The van der Waals surface area contributed by atoms with E-state index < -0.39 is 0 Å². The quantitative estimate of drug-likeness (QED) is 0.861. The highest BCUT2D eigenvalue weighted by atomic mass is 16.3. The highest BCUT2D eigenvalue weighted by molar-refractivity contribution is 5.80. The number of fused-ring (bicyclic) bond motifs is 1. The minimum atomic E-state index is -0.313. The molecule has 1 unspecified atom stereocenters. The van der Waals surface area contributed by atoms with Gasteiger partial charge in [-0.2, -0.15) is 0 Å². The lowest BCUT2D eigenvalue weighted by Gasteiger charge is -2.31. The molecule has 3 rings (SSSR count). The molecule has 0 bridgehead atoms. The zero-order chi connectivity index (χ0) is 15.4. The number of para-hydroxylation sites is 1. The van der Waals surface area contributed by atoms with E-state index in [1.807, 2.05) is 18.2 Å². The van der Waals surface area contributed by atoms with Gasteiger partial charge in [-0.15, -0.1) is 0 Å². The molecule has 1 aliphatic heterocycles. The van der Waals surface area contributed by atoms with E-state index in [9.17, 15) is 5.11 Å². The molecular formula is C18H26N2O2. The number of nitrogens with zero attached hydrogens (tertiary/aromatic N) is 1. The van der Waals surface area contributed by atoms with Crippen molar-refractivity contribution in [3.8, 4) is 0 Å². The SMILES string of the molecule is CC1CCN(CC(O)CNCc2coc3ccccc23)CC1. The van der Waals surface area contributed by atoms with E-state index >= 15 is 0 Å². The fourth-order valence-corrected chi connectivity index (χ4v) is 3.15. The normalized spacial score (nSPS) is 18.8. The topological polar surface area (TPSA) is 48.6 Å². The number of aliphatic hydroxyl groups excluding tert-OH is 1. The second-order valence-electron chi connectivity index (χ2n) is 6.52. The zero-order valence-corrected chi connectivity index (χ0v) is 13.3. The molecule has 4 heteroatoms. The van der Waals surface area contributed by atoms with E-state index in [1.165, 1.54) is 12.8 Å². The third kappa shape index (κ3) is 3.88. The van der Waals surface area contributed by atoms with Crippen LogP contribution in [0.1, 0.15) is 25.3 Å². The van der Waals surface area contributed by atoms with Crippen molar-refractivity contribution in [1.29, 1.82) is 0 Å². The first-order chi connectivity index (χ1) is 10.7. The monoisotopic (exact) mass is 302 g/mol. The van der Waals surface area contributed by atoms with Gasteiger partial charge in [-0.25, -0.2) is 0 Å². The largest absolute Gasteiger partial charge is 0.464 e. The summed E-state index contributed by atoms with van der Waals surface area (Å²) in [7, 11) is 0. The third-order valence-corrected chi connectivity index (χ3v) is 4.60. The number of benzene rings is 1. The van der Waals surface area contributed by atoms with Crippen molar-refractivity contribution >= 4 is 11.0 Å². The first-order valence-electron chi connectivity index (χ1n) is 8.28. The summed E-state index contributed by atoms with van der Waals surface area (Å²) >= 11 is 0. The fourth-order valence-electron chi connectivity index (χ4n) is 3.15. The maximum atomic E-state index is 10.2. The van der Waals surface area contributed by atoms with Gasteiger partial charge >= 0.3 is 0 Å². The summed E-state index contributed by atoms with van der Waals surface area (Å²) in [6.45, 7) is 6.66. The van der Waals surface area contributed by atoms with Crippen molar-refractivity contribution in [2.45, 2.75) is 32.4 Å². The molecule has 0 saturated carbocycles. The van der Waals surface area contributed by atoms with Crippen molar-refractivity contribution in [1.82, 2.24) is 10.2 Å². The number of aliphatic hydroxyl groups is 1. The van der Waals surface area contributed by atoms with Crippen LogP contribution >= 0.6 is 0 Å². The number of β-amino-alcohol motifs (C(OH)–C–C–N with tert-alkyl or cyclic N) is 1. The first kappa shape index (κ1) is 15.5. The Morgan fingerprint density at radius 2 is 2.09 bits per heavy atom. The lowest BCUT2D eigenvalue weighted by atomic mass is 9.99. The number of likely N-dealkylation sites (tertiary alicyclic amines) is 1. The molecule has 1 fully saturated rings. The molecule has 1 aromatic carbocycles. The standard InChI is InChI=1S/C18H26N2O2/c1-14-6-8-20(9-7-14)12-16(21)11-19-10-15-13-22-18-5-3-2-4-17(15)18/h2-5,13-14,16,19,21H,6-12H2,1H3. The summed E-state index contributed by atoms with van der Waals surface area (Å²) in [5, 5.41) is 14.7. The van der Waals surface area contributed by atoms with Gasteiger partial charge in [-0.3, -0.25) is 0 Å². The smallest absolute Gasteiger partial charge is 0.134 e. The van der Waals surface area contributed by atoms with Gasteiger partial charge in [0, 0.05) is 30.6 Å². The molecule has 22 heavy (non-hydrogen) atoms. The van der Waals surface area contributed by atoms with Gasteiger partial charge in [0.25, 0.3) is 0 Å². The van der Waals surface area contributed by atoms with Crippen molar-refractivity contribution < 1.29 is 9.52 Å². The number of piperidine rings is 1. The molecule has 4 nitrogen and oxygen atoms in total. The van der Waals surface area contributed by atoms with E-state index in [-0.39, 0.29) is 6.10 Å². The van der Waals surface area contributed by atoms with Crippen molar-refractivity contribution in [3.05, 3.63) is 36.1 Å². The van der Waals surface area contributed by atoms with Gasteiger partial charge in [-0.1, -0.05) is 25.1 Å². The molecule has 2 heterocycles. The van der Waals surface area contributed by atoms with Crippen molar-refractivity contribution in [2.24, 2.45) is 5.92 Å². The Morgan fingerprint density at radius 3 is 2.91 bits per heavy atom. The minimum Gasteiger partial charge on any atom is -0.464 e. The van der Waals surface area contributed by atoms with Gasteiger partial charge in [0.2, 0.25) is 0 Å². The number of rotatable bonds is 6. The molecule has 0 radical (unpaired) electrons. The number of nitrogens with one attached hydrogen (secondary N) is 1. The molecule has 1 aromatic heterocycles. The van der Waals surface area contributed by atoms with Gasteiger partial charge in [-0.05, 0) is 37.9 Å². The van der Waals surface area contributed by atoms with Crippen LogP contribution in [-0.2, 0) is 6.54 Å². The number of hydrogen-bond acceptors (Lipinski definition) is 4. The molecule has 0 spiro atoms. The summed E-state index contributed by atoms with van der Waals surface area (Å²) in [5.41, 5.74) is 2.07. The molecular weight excluding hydrogens is 276 g/mol. The predicted molar refractivity (Wildman–Crippen MR) is 88.8 cm³/mol. The maximum absolute atomic E-state index is 10.2. The Balaban J connectivity index is 1.42. The summed E-state index contributed by atoms with van der Waals surface area (Å²) in [5.74, 6) is 0.834. The molecule has 1 saturated heterocycles. The predicted octanol–water partition coefficient (Wildman–Crippen LogP) is 2.62. The number of hydrogen-bond donors (Lipinski definition) is 2. The van der Waals surface area contributed by atoms with Crippen LogP contribution in [-0.4, -0.2) is 42.3 Å². The average Bonchev–Trinajstić information content (AvgIpc) is 2.93. The summed E-state index contributed by atoms with van der Waals surface area (Å²) < 4.78 is 5.53. The Morgan fingerprint density at radius 1 is 1.32 bits per heavy atom. The second kappa shape index (κ2) is 7.27.